The largest absolute Gasteiger partial charge is 0.360 e. The summed E-state index contributed by atoms with van der Waals surface area (Å²) in [5.74, 6) is 0.256. The van der Waals surface area contributed by atoms with Crippen LogP contribution in [0.4, 0.5) is 5.82 Å². The normalized spacial score (nSPS) is 14.7. The standard InChI is InChI=1S/C15H15Cl2N3O4S/c1-9-6-14(19-24-9)18-15(21)8-20(11-3-4-11)25(22,23)13-7-10(16)2-5-12(13)17/h2,5-7,11H,3-4,8H2,1H3,(H,18,19,21). The van der Waals surface area contributed by atoms with Crippen molar-refractivity contribution in [2.24, 2.45) is 0 Å². The van der Waals surface area contributed by atoms with Crippen LogP contribution in [0.15, 0.2) is 33.7 Å². The maximum atomic E-state index is 12.9. The summed E-state index contributed by atoms with van der Waals surface area (Å²) < 4.78 is 31.9. The van der Waals surface area contributed by atoms with Crippen LogP contribution in [0, 0.1) is 6.92 Å². The van der Waals surface area contributed by atoms with Crippen LogP contribution in [0.3, 0.4) is 0 Å². The molecule has 1 aliphatic rings. The van der Waals surface area contributed by atoms with Crippen molar-refractivity contribution in [3.63, 3.8) is 0 Å². The van der Waals surface area contributed by atoms with Gasteiger partial charge in [0.05, 0.1) is 11.6 Å². The van der Waals surface area contributed by atoms with Crippen LogP contribution in [0.5, 0.6) is 0 Å². The minimum absolute atomic E-state index is 0.0579. The molecule has 10 heteroatoms. The van der Waals surface area contributed by atoms with E-state index in [0.29, 0.717) is 18.6 Å². The molecule has 1 N–H and O–H groups in total. The first-order valence-electron chi connectivity index (χ1n) is 7.47. The Hall–Kier alpha value is -1.61. The van der Waals surface area contributed by atoms with Gasteiger partial charge < -0.3 is 9.84 Å². The fraction of sp³-hybridized carbons (Fsp3) is 0.333. The van der Waals surface area contributed by atoms with Gasteiger partial charge in [-0.3, -0.25) is 4.79 Å². The van der Waals surface area contributed by atoms with E-state index < -0.39 is 15.9 Å². The van der Waals surface area contributed by atoms with E-state index in [0.717, 1.165) is 4.31 Å². The SMILES string of the molecule is Cc1cc(NC(=O)CN(C2CC2)S(=O)(=O)c2cc(Cl)ccc2Cl)no1. The number of rotatable bonds is 6. The monoisotopic (exact) mass is 403 g/mol. The summed E-state index contributed by atoms with van der Waals surface area (Å²) >= 11 is 11.9. The molecule has 1 fully saturated rings. The molecule has 1 saturated carbocycles. The Morgan fingerprint density at radius 3 is 2.68 bits per heavy atom. The number of anilines is 1. The van der Waals surface area contributed by atoms with Gasteiger partial charge in [0.25, 0.3) is 0 Å². The molecule has 0 bridgehead atoms. The molecule has 1 aliphatic carbocycles. The van der Waals surface area contributed by atoms with Gasteiger partial charge in [0.2, 0.25) is 15.9 Å². The van der Waals surface area contributed by atoms with Gasteiger partial charge in [-0.05, 0) is 38.0 Å². The molecule has 25 heavy (non-hydrogen) atoms. The van der Waals surface area contributed by atoms with Crippen molar-refractivity contribution >= 4 is 45.0 Å². The van der Waals surface area contributed by atoms with Gasteiger partial charge >= 0.3 is 0 Å². The molecule has 1 aromatic heterocycles. The first-order valence-corrected chi connectivity index (χ1v) is 9.67. The Morgan fingerprint density at radius 2 is 2.08 bits per heavy atom. The van der Waals surface area contributed by atoms with Gasteiger partial charge in [0, 0.05) is 17.1 Å². The highest BCUT2D eigenvalue weighted by molar-refractivity contribution is 7.89. The Morgan fingerprint density at radius 1 is 1.36 bits per heavy atom. The zero-order chi connectivity index (χ0) is 18.2. The number of sulfonamides is 1. The number of halogens is 2. The minimum Gasteiger partial charge on any atom is -0.360 e. The van der Waals surface area contributed by atoms with Crippen molar-refractivity contribution in [2.45, 2.75) is 30.7 Å². The average molecular weight is 404 g/mol. The van der Waals surface area contributed by atoms with Crippen LogP contribution in [-0.4, -0.2) is 36.4 Å². The second-order valence-corrected chi connectivity index (χ2v) is 8.43. The Balaban J connectivity index is 1.83. The minimum atomic E-state index is -3.96. The second kappa shape index (κ2) is 6.95. The number of carbonyl (C=O) groups is 1. The molecule has 1 heterocycles. The van der Waals surface area contributed by atoms with E-state index in [1.807, 2.05) is 0 Å². The highest BCUT2D eigenvalue weighted by Crippen LogP contribution is 2.35. The quantitative estimate of drug-likeness (QED) is 0.799. The van der Waals surface area contributed by atoms with Crippen LogP contribution >= 0.6 is 23.2 Å². The van der Waals surface area contributed by atoms with Crippen molar-refractivity contribution in [2.75, 3.05) is 11.9 Å². The summed E-state index contributed by atoms with van der Waals surface area (Å²) in [6, 6.07) is 5.52. The zero-order valence-electron chi connectivity index (χ0n) is 13.2. The Bertz CT molecular complexity index is 909. The van der Waals surface area contributed by atoms with Crippen LogP contribution in [0.1, 0.15) is 18.6 Å². The fourth-order valence-electron chi connectivity index (χ4n) is 2.32. The molecule has 0 saturated heterocycles. The molecule has 0 atom stereocenters. The van der Waals surface area contributed by atoms with E-state index in [2.05, 4.69) is 10.5 Å². The second-order valence-electron chi connectivity index (χ2n) is 5.73. The van der Waals surface area contributed by atoms with Gasteiger partial charge in [0.15, 0.2) is 5.82 Å². The molecule has 1 aromatic carbocycles. The zero-order valence-corrected chi connectivity index (χ0v) is 15.5. The van der Waals surface area contributed by atoms with Crippen molar-refractivity contribution in [3.8, 4) is 0 Å². The highest BCUT2D eigenvalue weighted by atomic mass is 35.5. The molecular formula is C15H15Cl2N3O4S. The van der Waals surface area contributed by atoms with Gasteiger partial charge in [-0.25, -0.2) is 8.42 Å². The van der Waals surface area contributed by atoms with E-state index >= 15 is 0 Å². The number of carbonyl (C=O) groups excluding carboxylic acids is 1. The number of hydrogen-bond donors (Lipinski definition) is 1. The van der Waals surface area contributed by atoms with Crippen molar-refractivity contribution in [3.05, 3.63) is 40.1 Å². The maximum absolute atomic E-state index is 12.9. The Kier molecular flexibility index (Phi) is 5.06. The number of hydrogen-bond acceptors (Lipinski definition) is 5. The molecule has 2 aromatic rings. The average Bonchev–Trinajstić information content (AvgIpc) is 3.30. The van der Waals surface area contributed by atoms with Crippen molar-refractivity contribution in [1.82, 2.24) is 9.46 Å². The Labute approximate surface area is 154 Å². The van der Waals surface area contributed by atoms with Gasteiger partial charge in [-0.2, -0.15) is 4.31 Å². The van der Waals surface area contributed by atoms with E-state index in [1.165, 1.54) is 18.2 Å². The molecule has 1 amide bonds. The third-order valence-corrected chi connectivity index (χ3v) is 6.24. The summed E-state index contributed by atoms with van der Waals surface area (Å²) in [5.41, 5.74) is 0. The van der Waals surface area contributed by atoms with Gasteiger partial charge in [0.1, 0.15) is 10.7 Å². The van der Waals surface area contributed by atoms with Crippen molar-refractivity contribution in [1.29, 1.82) is 0 Å². The molecule has 134 valence electrons. The number of aryl methyl sites for hydroxylation is 1. The molecule has 0 aliphatic heterocycles. The number of nitrogens with one attached hydrogen (secondary N) is 1. The molecule has 0 radical (unpaired) electrons. The number of benzene rings is 1. The highest BCUT2D eigenvalue weighted by Gasteiger charge is 2.40. The first-order chi connectivity index (χ1) is 11.8. The summed E-state index contributed by atoms with van der Waals surface area (Å²) in [6.45, 7) is 1.34. The van der Waals surface area contributed by atoms with E-state index in [-0.39, 0.29) is 33.3 Å². The summed E-state index contributed by atoms with van der Waals surface area (Å²) in [5, 5.41) is 6.48. The predicted molar refractivity (Wildman–Crippen MR) is 93.2 cm³/mol. The predicted octanol–water partition coefficient (Wildman–Crippen LogP) is 3.08. The molecule has 0 spiro atoms. The summed E-state index contributed by atoms with van der Waals surface area (Å²) in [7, 11) is -3.96. The third kappa shape index (κ3) is 4.14. The van der Waals surface area contributed by atoms with Crippen LogP contribution < -0.4 is 5.32 Å². The summed E-state index contributed by atoms with van der Waals surface area (Å²) in [6.07, 6.45) is 1.38. The smallest absolute Gasteiger partial charge is 0.245 e. The van der Waals surface area contributed by atoms with Crippen LogP contribution in [0.25, 0.3) is 0 Å². The lowest BCUT2D eigenvalue weighted by Crippen LogP contribution is -2.39. The van der Waals surface area contributed by atoms with Gasteiger partial charge in [-0.15, -0.1) is 0 Å². The molecule has 0 unspecified atom stereocenters. The number of amides is 1. The molecular weight excluding hydrogens is 389 g/mol. The lowest BCUT2D eigenvalue weighted by atomic mass is 10.4. The van der Waals surface area contributed by atoms with Crippen LogP contribution in [0.2, 0.25) is 10.0 Å². The van der Waals surface area contributed by atoms with Gasteiger partial charge in [-0.1, -0.05) is 28.4 Å². The number of aromatic nitrogens is 1. The molecule has 3 rings (SSSR count). The third-order valence-electron chi connectivity index (χ3n) is 3.63. The lowest BCUT2D eigenvalue weighted by Gasteiger charge is -2.21. The van der Waals surface area contributed by atoms with E-state index in [1.54, 1.807) is 13.0 Å². The number of nitrogens with zero attached hydrogens (tertiary/aromatic N) is 2. The van der Waals surface area contributed by atoms with Crippen molar-refractivity contribution < 1.29 is 17.7 Å². The van der Waals surface area contributed by atoms with Crippen LogP contribution in [-0.2, 0) is 14.8 Å². The van der Waals surface area contributed by atoms with E-state index in [9.17, 15) is 13.2 Å². The fourth-order valence-corrected chi connectivity index (χ4v) is 4.70. The molecule has 7 nitrogen and oxygen atoms in total. The summed E-state index contributed by atoms with van der Waals surface area (Å²) in [4.78, 5) is 12.1. The maximum Gasteiger partial charge on any atom is 0.245 e. The van der Waals surface area contributed by atoms with E-state index in [4.69, 9.17) is 27.7 Å². The topological polar surface area (TPSA) is 92.5 Å². The first kappa shape index (κ1) is 18.2. The lowest BCUT2D eigenvalue weighted by molar-refractivity contribution is -0.116.